The van der Waals surface area contributed by atoms with Gasteiger partial charge in [0.25, 0.3) is 0 Å². The number of carboxylic acids is 1. The monoisotopic (exact) mass is 530 g/mol. The number of nitrogen functional groups attached to an aromatic ring is 1. The summed E-state index contributed by atoms with van der Waals surface area (Å²) < 4.78 is 58.9. The highest BCUT2D eigenvalue weighted by molar-refractivity contribution is 8.01. The summed E-state index contributed by atoms with van der Waals surface area (Å²) in [6, 6.07) is 14.6. The fraction of sp³-hybridized carbons (Fsp3) is 0.182. The van der Waals surface area contributed by atoms with E-state index >= 15 is 0 Å². The molecule has 0 atom stereocenters. The predicted molar refractivity (Wildman–Crippen MR) is 128 cm³/mol. The topological polar surface area (TPSA) is 121 Å². The number of amidine groups is 1. The van der Waals surface area contributed by atoms with E-state index in [1.54, 1.807) is 18.2 Å². The quantitative estimate of drug-likeness (QED) is 0.227. The molecule has 0 fully saturated rings. The summed E-state index contributed by atoms with van der Waals surface area (Å²) >= 11 is 2.58. The second kappa shape index (κ2) is 10.6. The maximum atomic E-state index is 13.3. The number of nitrogens with two attached hydrogens (primary N) is 1. The van der Waals surface area contributed by atoms with E-state index < -0.39 is 22.0 Å². The average Bonchev–Trinajstić information content (AvgIpc) is 3.19. The fourth-order valence-electron chi connectivity index (χ4n) is 3.04. The molecule has 0 saturated carbocycles. The number of carbonyl (C=O) groups is 1. The fourth-order valence-corrected chi connectivity index (χ4v) is 6.94. The molecule has 0 bridgehead atoms. The molecular weight excluding hydrogens is 509 g/mol. The molecule has 0 spiro atoms. The van der Waals surface area contributed by atoms with Crippen molar-refractivity contribution in [2.24, 2.45) is 5.73 Å². The predicted octanol–water partition coefficient (Wildman–Crippen LogP) is 5.50. The first-order valence-electron chi connectivity index (χ1n) is 9.44. The van der Waals surface area contributed by atoms with Crippen LogP contribution in [0.15, 0.2) is 62.5 Å². The van der Waals surface area contributed by atoms with Crippen molar-refractivity contribution in [3.05, 3.63) is 64.5 Å². The van der Waals surface area contributed by atoms with Gasteiger partial charge in [-0.3, -0.25) is 5.41 Å². The Labute approximate surface area is 203 Å². The van der Waals surface area contributed by atoms with Crippen LogP contribution in [0.25, 0.3) is 11.1 Å². The summed E-state index contributed by atoms with van der Waals surface area (Å²) in [5.74, 6) is -2.88. The molecule has 0 radical (unpaired) electrons. The molecule has 6 nitrogen and oxygen atoms in total. The van der Waals surface area contributed by atoms with Crippen LogP contribution in [0.5, 0.6) is 0 Å². The molecule has 0 aliphatic carbocycles. The van der Waals surface area contributed by atoms with Crippen molar-refractivity contribution in [1.29, 1.82) is 5.41 Å². The summed E-state index contributed by atoms with van der Waals surface area (Å²) in [5, 5.41) is 14.7. The number of nitrogens with one attached hydrogen (secondary N) is 1. The SMILES string of the molecule is CSc1sc(C(=N)N)cc1S(=O)(=O)c1cccc(-c2c(C)cccc2C)c1.O=C(O)C(F)(F)F. The van der Waals surface area contributed by atoms with Crippen molar-refractivity contribution in [3.8, 4) is 11.1 Å². The summed E-state index contributed by atoms with van der Waals surface area (Å²) in [4.78, 5) is 9.81. The number of rotatable bonds is 5. The van der Waals surface area contributed by atoms with Crippen LogP contribution < -0.4 is 5.73 Å². The van der Waals surface area contributed by atoms with Gasteiger partial charge in [0.2, 0.25) is 9.84 Å². The van der Waals surface area contributed by atoms with Crippen LogP contribution >= 0.6 is 23.1 Å². The molecule has 3 aromatic rings. The van der Waals surface area contributed by atoms with Crippen molar-refractivity contribution < 1.29 is 31.5 Å². The minimum atomic E-state index is -5.08. The summed E-state index contributed by atoms with van der Waals surface area (Å²) in [7, 11) is -3.71. The molecule has 1 aromatic heterocycles. The molecule has 3 rings (SSSR count). The Kier molecular flexibility index (Phi) is 8.56. The number of carboxylic acid groups (broad SMARTS) is 1. The molecule has 0 unspecified atom stereocenters. The second-order valence-corrected chi connectivity index (χ2v) is 11.0. The van der Waals surface area contributed by atoms with Crippen LogP contribution in [0.1, 0.15) is 16.0 Å². The van der Waals surface area contributed by atoms with E-state index in [0.717, 1.165) is 22.3 Å². The van der Waals surface area contributed by atoms with Crippen molar-refractivity contribution in [1.82, 2.24) is 0 Å². The Balaban J connectivity index is 0.000000509. The highest BCUT2D eigenvalue weighted by Gasteiger charge is 2.38. The van der Waals surface area contributed by atoms with Crippen LogP contribution in [0.2, 0.25) is 0 Å². The third kappa shape index (κ3) is 6.19. The van der Waals surface area contributed by atoms with E-state index in [1.807, 2.05) is 44.4 Å². The number of halogens is 3. The first-order valence-corrected chi connectivity index (χ1v) is 13.0. The van der Waals surface area contributed by atoms with Gasteiger partial charge in [-0.15, -0.1) is 23.1 Å². The van der Waals surface area contributed by atoms with Gasteiger partial charge in [-0.05, 0) is 60.6 Å². The number of thiophene rings is 1. The Hall–Kier alpha value is -2.83. The van der Waals surface area contributed by atoms with E-state index in [1.165, 1.54) is 29.2 Å². The van der Waals surface area contributed by atoms with Gasteiger partial charge < -0.3 is 10.8 Å². The Morgan fingerprint density at radius 3 is 2.09 bits per heavy atom. The molecule has 12 heteroatoms. The molecule has 0 amide bonds. The number of alkyl halides is 3. The number of sulfone groups is 1. The van der Waals surface area contributed by atoms with Crippen LogP contribution in [0, 0.1) is 19.3 Å². The molecular formula is C22H21F3N2O4S3. The number of aryl methyl sites for hydroxylation is 2. The van der Waals surface area contributed by atoms with Gasteiger partial charge >= 0.3 is 12.1 Å². The highest BCUT2D eigenvalue weighted by Crippen LogP contribution is 2.38. The first-order chi connectivity index (χ1) is 15.7. The van der Waals surface area contributed by atoms with Gasteiger partial charge in [0.1, 0.15) is 5.84 Å². The molecule has 34 heavy (non-hydrogen) atoms. The third-order valence-electron chi connectivity index (χ3n) is 4.56. The number of aliphatic carboxylic acids is 1. The lowest BCUT2D eigenvalue weighted by atomic mass is 9.96. The van der Waals surface area contributed by atoms with Crippen molar-refractivity contribution in [2.45, 2.75) is 34.0 Å². The molecule has 2 aromatic carbocycles. The van der Waals surface area contributed by atoms with Crippen LogP contribution in [-0.4, -0.2) is 37.8 Å². The van der Waals surface area contributed by atoms with E-state index in [-0.39, 0.29) is 15.6 Å². The van der Waals surface area contributed by atoms with Crippen molar-refractivity contribution in [2.75, 3.05) is 6.26 Å². The molecule has 182 valence electrons. The number of thioether (sulfide) groups is 1. The van der Waals surface area contributed by atoms with Crippen LogP contribution in [-0.2, 0) is 14.6 Å². The van der Waals surface area contributed by atoms with E-state index in [4.69, 9.17) is 21.0 Å². The number of hydrogen-bond acceptors (Lipinski definition) is 6. The van der Waals surface area contributed by atoms with Gasteiger partial charge in [-0.25, -0.2) is 13.2 Å². The van der Waals surface area contributed by atoms with Gasteiger partial charge in [-0.1, -0.05) is 30.3 Å². The van der Waals surface area contributed by atoms with Crippen molar-refractivity contribution >= 4 is 44.7 Å². The normalized spacial score (nSPS) is 11.5. The molecule has 0 aliphatic heterocycles. The van der Waals surface area contributed by atoms with E-state index in [2.05, 4.69) is 0 Å². The average molecular weight is 531 g/mol. The lowest BCUT2D eigenvalue weighted by molar-refractivity contribution is -0.192. The summed E-state index contributed by atoms with van der Waals surface area (Å²) in [6.07, 6.45) is -3.26. The number of hydrogen-bond donors (Lipinski definition) is 3. The summed E-state index contributed by atoms with van der Waals surface area (Å²) in [6.45, 7) is 4.04. The second-order valence-electron chi connectivity index (χ2n) is 6.98. The Bertz CT molecular complexity index is 1310. The molecule has 4 N–H and O–H groups in total. The zero-order valence-electron chi connectivity index (χ0n) is 18.2. The lowest BCUT2D eigenvalue weighted by Crippen LogP contribution is -2.21. The van der Waals surface area contributed by atoms with E-state index in [0.29, 0.717) is 9.09 Å². The third-order valence-corrected chi connectivity index (χ3v) is 8.90. The Morgan fingerprint density at radius 2 is 1.62 bits per heavy atom. The van der Waals surface area contributed by atoms with Crippen molar-refractivity contribution in [3.63, 3.8) is 0 Å². The highest BCUT2D eigenvalue weighted by atomic mass is 32.2. The summed E-state index contributed by atoms with van der Waals surface area (Å²) in [5.41, 5.74) is 9.68. The maximum Gasteiger partial charge on any atom is 0.490 e. The maximum absolute atomic E-state index is 13.3. The van der Waals surface area contributed by atoms with Gasteiger partial charge in [0.15, 0.2) is 0 Å². The first kappa shape index (κ1) is 27.4. The number of benzene rings is 2. The zero-order valence-corrected chi connectivity index (χ0v) is 20.7. The Morgan fingerprint density at radius 1 is 1.09 bits per heavy atom. The van der Waals surface area contributed by atoms with Crippen LogP contribution in [0.4, 0.5) is 13.2 Å². The molecule has 0 saturated heterocycles. The molecule has 0 aliphatic rings. The minimum Gasteiger partial charge on any atom is -0.475 e. The smallest absolute Gasteiger partial charge is 0.475 e. The minimum absolute atomic E-state index is 0.124. The van der Waals surface area contributed by atoms with E-state index in [9.17, 15) is 21.6 Å². The molecule has 1 heterocycles. The largest absolute Gasteiger partial charge is 0.490 e. The van der Waals surface area contributed by atoms with Gasteiger partial charge in [0.05, 0.1) is 18.9 Å². The van der Waals surface area contributed by atoms with Crippen LogP contribution in [0.3, 0.4) is 0 Å². The standard InChI is InChI=1S/C20H20N2O2S3.C2HF3O2/c1-12-6-4-7-13(2)18(12)14-8-5-9-15(10-14)27(23,24)17-11-16(19(21)22)26-20(17)25-3;3-2(4,5)1(6)7/h4-11H,1-3H3,(H3,21,22);(H,6,7). The lowest BCUT2D eigenvalue weighted by Gasteiger charge is -2.12. The zero-order chi connectivity index (χ0) is 25.8. The van der Waals surface area contributed by atoms with Gasteiger partial charge in [-0.2, -0.15) is 13.2 Å². The van der Waals surface area contributed by atoms with Gasteiger partial charge in [0, 0.05) is 0 Å².